The third-order valence-electron chi connectivity index (χ3n) is 3.69. The highest BCUT2D eigenvalue weighted by Gasteiger charge is 2.06. The highest BCUT2D eigenvalue weighted by atomic mass is 19.3. The van der Waals surface area contributed by atoms with Gasteiger partial charge in [-0.25, -0.2) is 0 Å². The van der Waals surface area contributed by atoms with Crippen molar-refractivity contribution in [1.82, 2.24) is 0 Å². The zero-order valence-corrected chi connectivity index (χ0v) is 14.7. The maximum atomic E-state index is 12.1. The van der Waals surface area contributed by atoms with Crippen LogP contribution in [0.4, 0.5) is 8.78 Å². The van der Waals surface area contributed by atoms with Crippen LogP contribution < -0.4 is 9.47 Å². The second-order valence-corrected chi connectivity index (χ2v) is 5.73. The van der Waals surface area contributed by atoms with Gasteiger partial charge in [0.15, 0.2) is 5.78 Å². The van der Waals surface area contributed by atoms with Crippen LogP contribution in [0, 0.1) is 0 Å². The molecule has 0 unspecified atom stereocenters. The van der Waals surface area contributed by atoms with E-state index in [4.69, 9.17) is 4.74 Å². The van der Waals surface area contributed by atoms with Crippen LogP contribution in [-0.4, -0.2) is 19.0 Å². The minimum absolute atomic E-state index is 0.0232. The summed E-state index contributed by atoms with van der Waals surface area (Å²) < 4.78 is 34.1. The molecule has 0 atom stereocenters. The van der Waals surface area contributed by atoms with Crippen molar-refractivity contribution in [2.45, 2.75) is 32.8 Å². The lowest BCUT2D eigenvalue weighted by atomic mass is 10.1. The molecule has 5 heteroatoms. The predicted octanol–water partition coefficient (Wildman–Crippen LogP) is 5.75. The fraction of sp³-hybridized carbons (Fsp3) is 0.286. The van der Waals surface area contributed by atoms with Crippen LogP contribution in [0.2, 0.25) is 0 Å². The zero-order valence-electron chi connectivity index (χ0n) is 14.7. The Morgan fingerprint density at radius 2 is 1.65 bits per heavy atom. The summed E-state index contributed by atoms with van der Waals surface area (Å²) in [7, 11) is 0. The monoisotopic (exact) mass is 360 g/mol. The van der Waals surface area contributed by atoms with E-state index in [1.165, 1.54) is 30.3 Å². The molecule has 0 radical (unpaired) electrons. The van der Waals surface area contributed by atoms with Gasteiger partial charge in [0.1, 0.15) is 11.5 Å². The number of alkyl halides is 2. The molecule has 0 heterocycles. The number of carbonyl (C=O) groups is 1. The van der Waals surface area contributed by atoms with Gasteiger partial charge < -0.3 is 9.47 Å². The van der Waals surface area contributed by atoms with Crippen LogP contribution in [0.1, 0.15) is 42.1 Å². The molecular weight excluding hydrogens is 338 g/mol. The molecule has 0 N–H and O–H groups in total. The standard InChI is InChI=1S/C21H22F2O3/c1-2-3-4-15-25-18-10-5-16(6-11-18)7-14-20(24)17-8-12-19(13-9-17)26-21(22)23/h5-14,21H,2-4,15H2,1H3/b14-7+. The third-order valence-corrected chi connectivity index (χ3v) is 3.69. The lowest BCUT2D eigenvalue weighted by molar-refractivity contribution is -0.0498. The van der Waals surface area contributed by atoms with Crippen molar-refractivity contribution in [2.24, 2.45) is 0 Å². The molecule has 0 bridgehead atoms. The van der Waals surface area contributed by atoms with Crippen LogP contribution in [-0.2, 0) is 0 Å². The van der Waals surface area contributed by atoms with Crippen molar-refractivity contribution < 1.29 is 23.0 Å². The van der Waals surface area contributed by atoms with Crippen LogP contribution in [0.25, 0.3) is 6.08 Å². The first-order valence-corrected chi connectivity index (χ1v) is 8.58. The molecule has 0 aliphatic carbocycles. The first-order chi connectivity index (χ1) is 12.6. The number of halogens is 2. The predicted molar refractivity (Wildman–Crippen MR) is 97.9 cm³/mol. The number of hydrogen-bond acceptors (Lipinski definition) is 3. The fourth-order valence-corrected chi connectivity index (χ4v) is 2.29. The Bertz CT molecular complexity index is 707. The highest BCUT2D eigenvalue weighted by molar-refractivity contribution is 6.06. The fourth-order valence-electron chi connectivity index (χ4n) is 2.29. The number of hydrogen-bond donors (Lipinski definition) is 0. The number of rotatable bonds is 10. The molecule has 0 saturated heterocycles. The van der Waals surface area contributed by atoms with Crippen LogP contribution in [0.3, 0.4) is 0 Å². The van der Waals surface area contributed by atoms with E-state index in [9.17, 15) is 13.6 Å². The molecule has 26 heavy (non-hydrogen) atoms. The van der Waals surface area contributed by atoms with Gasteiger partial charge in [0.2, 0.25) is 0 Å². The number of unbranched alkanes of at least 4 members (excludes halogenated alkanes) is 2. The number of benzene rings is 2. The van der Waals surface area contributed by atoms with Gasteiger partial charge in [0.05, 0.1) is 6.61 Å². The minimum atomic E-state index is -2.88. The molecule has 3 nitrogen and oxygen atoms in total. The number of ketones is 1. The maximum absolute atomic E-state index is 12.1. The average Bonchev–Trinajstić information content (AvgIpc) is 2.64. The topological polar surface area (TPSA) is 35.5 Å². The minimum Gasteiger partial charge on any atom is -0.494 e. The number of carbonyl (C=O) groups excluding carboxylic acids is 1. The van der Waals surface area contributed by atoms with E-state index >= 15 is 0 Å². The molecule has 0 spiro atoms. The Balaban J connectivity index is 1.89. The van der Waals surface area contributed by atoms with Gasteiger partial charge in [0, 0.05) is 5.56 Å². The molecule has 2 rings (SSSR count). The second kappa shape index (κ2) is 10.3. The summed E-state index contributed by atoms with van der Waals surface area (Å²) in [5.74, 6) is 0.614. The van der Waals surface area contributed by atoms with E-state index in [1.807, 2.05) is 24.3 Å². The second-order valence-electron chi connectivity index (χ2n) is 5.73. The van der Waals surface area contributed by atoms with Gasteiger partial charge in [-0.05, 0) is 54.5 Å². The summed E-state index contributed by atoms with van der Waals surface area (Å²) >= 11 is 0. The van der Waals surface area contributed by atoms with Crippen molar-refractivity contribution in [3.8, 4) is 11.5 Å². The lowest BCUT2D eigenvalue weighted by Crippen LogP contribution is -2.02. The van der Waals surface area contributed by atoms with Crippen molar-refractivity contribution in [2.75, 3.05) is 6.61 Å². The molecule has 0 amide bonds. The first-order valence-electron chi connectivity index (χ1n) is 8.58. The van der Waals surface area contributed by atoms with E-state index in [0.29, 0.717) is 12.2 Å². The molecule has 0 saturated carbocycles. The lowest BCUT2D eigenvalue weighted by Gasteiger charge is -2.05. The third kappa shape index (κ3) is 6.67. The van der Waals surface area contributed by atoms with Crippen LogP contribution in [0.15, 0.2) is 54.6 Å². The van der Waals surface area contributed by atoms with Crippen LogP contribution >= 0.6 is 0 Å². The summed E-state index contributed by atoms with van der Waals surface area (Å²) in [6.45, 7) is -0.0316. The van der Waals surface area contributed by atoms with E-state index < -0.39 is 6.61 Å². The van der Waals surface area contributed by atoms with Crippen LogP contribution in [0.5, 0.6) is 11.5 Å². The smallest absolute Gasteiger partial charge is 0.387 e. The van der Waals surface area contributed by atoms with Gasteiger partial charge >= 0.3 is 6.61 Å². The van der Waals surface area contributed by atoms with E-state index in [-0.39, 0.29) is 11.5 Å². The van der Waals surface area contributed by atoms with E-state index in [1.54, 1.807) is 6.08 Å². The Hall–Kier alpha value is -2.69. The zero-order chi connectivity index (χ0) is 18.8. The molecular formula is C21H22F2O3. The largest absolute Gasteiger partial charge is 0.494 e. The molecule has 2 aromatic carbocycles. The van der Waals surface area contributed by atoms with Gasteiger partial charge in [-0.15, -0.1) is 0 Å². The molecule has 0 fully saturated rings. The molecule has 2 aromatic rings. The summed E-state index contributed by atoms with van der Waals surface area (Å²) in [5.41, 5.74) is 1.27. The number of ether oxygens (including phenoxy) is 2. The number of allylic oxidation sites excluding steroid dienone is 1. The summed E-state index contributed by atoms with van der Waals surface area (Å²) in [5, 5.41) is 0. The maximum Gasteiger partial charge on any atom is 0.387 e. The van der Waals surface area contributed by atoms with Gasteiger partial charge in [-0.3, -0.25) is 4.79 Å². The highest BCUT2D eigenvalue weighted by Crippen LogP contribution is 2.17. The van der Waals surface area contributed by atoms with Gasteiger partial charge in [-0.2, -0.15) is 8.78 Å². The van der Waals surface area contributed by atoms with Gasteiger partial charge in [0.25, 0.3) is 0 Å². The first kappa shape index (κ1) is 19.6. The van der Waals surface area contributed by atoms with E-state index in [0.717, 1.165) is 30.6 Å². The molecule has 0 aliphatic rings. The quantitative estimate of drug-likeness (QED) is 0.307. The summed E-state index contributed by atoms with van der Waals surface area (Å²) in [6, 6.07) is 13.1. The molecule has 138 valence electrons. The normalized spacial score (nSPS) is 11.1. The molecule has 0 aromatic heterocycles. The van der Waals surface area contributed by atoms with Crippen molar-refractivity contribution in [3.05, 3.63) is 65.7 Å². The van der Waals surface area contributed by atoms with Crippen molar-refractivity contribution in [3.63, 3.8) is 0 Å². The average molecular weight is 360 g/mol. The SMILES string of the molecule is CCCCCOc1ccc(/C=C/C(=O)c2ccc(OC(F)F)cc2)cc1. The van der Waals surface area contributed by atoms with Crippen molar-refractivity contribution in [1.29, 1.82) is 0 Å². The Morgan fingerprint density at radius 1 is 1.00 bits per heavy atom. The van der Waals surface area contributed by atoms with E-state index in [2.05, 4.69) is 11.7 Å². The summed E-state index contributed by atoms with van der Waals surface area (Å²) in [4.78, 5) is 12.1. The van der Waals surface area contributed by atoms with Gasteiger partial charge in [-0.1, -0.05) is 38.0 Å². The van der Waals surface area contributed by atoms with Crippen molar-refractivity contribution >= 4 is 11.9 Å². The molecule has 0 aliphatic heterocycles. The Kier molecular flexibility index (Phi) is 7.80. The summed E-state index contributed by atoms with van der Waals surface area (Å²) in [6.07, 6.45) is 6.49. The Labute approximate surface area is 152 Å². The Morgan fingerprint density at radius 3 is 2.27 bits per heavy atom.